The van der Waals surface area contributed by atoms with Gasteiger partial charge in [-0.2, -0.15) is 0 Å². The van der Waals surface area contributed by atoms with E-state index < -0.39 is 0 Å². The summed E-state index contributed by atoms with van der Waals surface area (Å²) in [6, 6.07) is 0. The quantitative estimate of drug-likeness (QED) is 0.391. The van der Waals surface area contributed by atoms with Gasteiger partial charge in [-0.25, -0.2) is 9.97 Å². The highest BCUT2D eigenvalue weighted by atomic mass is 127. The Morgan fingerprint density at radius 3 is 2.52 bits per heavy atom. The lowest BCUT2D eigenvalue weighted by atomic mass is 9.94. The predicted molar refractivity (Wildman–Crippen MR) is 114 cm³/mol. The number of guanidine groups is 1. The molecule has 0 bridgehead atoms. The van der Waals surface area contributed by atoms with Crippen LogP contribution in [-0.4, -0.2) is 29.5 Å². The fourth-order valence-electron chi connectivity index (χ4n) is 2.05. The number of nitrogens with one attached hydrogen (secondary N) is 2. The van der Waals surface area contributed by atoms with E-state index in [-0.39, 0.29) is 29.4 Å². The minimum absolute atomic E-state index is 0. The molecule has 0 aliphatic carbocycles. The molecular formula is C17H28IN5OS. The molecule has 0 saturated carbocycles. The molecule has 0 atom stereocenters. The molecule has 0 aliphatic rings. The van der Waals surface area contributed by atoms with Crippen LogP contribution in [0.3, 0.4) is 0 Å². The minimum atomic E-state index is -0.0326. The summed E-state index contributed by atoms with van der Waals surface area (Å²) in [5, 5.41) is 7.66. The van der Waals surface area contributed by atoms with Crippen LogP contribution in [-0.2, 0) is 18.4 Å². The highest BCUT2D eigenvalue weighted by molar-refractivity contribution is 14.0. The topological polar surface area (TPSA) is 75.3 Å². The van der Waals surface area contributed by atoms with Crippen molar-refractivity contribution in [3.05, 3.63) is 33.4 Å². The summed E-state index contributed by atoms with van der Waals surface area (Å²) in [4.78, 5) is 14.4. The summed E-state index contributed by atoms with van der Waals surface area (Å²) in [6.07, 6.45) is 2.67. The predicted octanol–water partition coefficient (Wildman–Crippen LogP) is 3.57. The van der Waals surface area contributed by atoms with Crippen LogP contribution in [0.4, 0.5) is 0 Å². The number of aryl methyl sites for hydroxylation is 2. The number of aliphatic imine (C=N–C) groups is 1. The maximum atomic E-state index is 5.77. The lowest BCUT2D eigenvalue weighted by Crippen LogP contribution is -2.37. The molecule has 0 spiro atoms. The SMILES string of the molecule is CN=C(NCCc1nc(C)c(C)s1)NCc1ncc(C(C)(C)C)o1.I. The molecule has 0 radical (unpaired) electrons. The summed E-state index contributed by atoms with van der Waals surface area (Å²) in [5.41, 5.74) is 1.09. The van der Waals surface area contributed by atoms with E-state index in [1.807, 2.05) is 6.92 Å². The molecule has 0 amide bonds. The monoisotopic (exact) mass is 477 g/mol. The fourth-order valence-corrected chi connectivity index (χ4v) is 2.99. The van der Waals surface area contributed by atoms with Crippen LogP contribution in [0.15, 0.2) is 15.6 Å². The summed E-state index contributed by atoms with van der Waals surface area (Å²) in [5.74, 6) is 2.28. The molecule has 25 heavy (non-hydrogen) atoms. The van der Waals surface area contributed by atoms with Gasteiger partial charge in [0.2, 0.25) is 5.89 Å². The van der Waals surface area contributed by atoms with Crippen molar-refractivity contribution in [1.29, 1.82) is 0 Å². The fraction of sp³-hybridized carbons (Fsp3) is 0.588. The van der Waals surface area contributed by atoms with E-state index in [1.165, 1.54) is 4.88 Å². The van der Waals surface area contributed by atoms with Crippen LogP contribution in [0.25, 0.3) is 0 Å². The second kappa shape index (κ2) is 9.51. The summed E-state index contributed by atoms with van der Waals surface area (Å²) in [6.45, 7) is 11.8. The number of hydrogen-bond acceptors (Lipinski definition) is 5. The third-order valence-electron chi connectivity index (χ3n) is 3.63. The molecule has 140 valence electrons. The molecule has 2 rings (SSSR count). The molecule has 0 saturated heterocycles. The summed E-state index contributed by atoms with van der Waals surface area (Å²) in [7, 11) is 1.75. The summed E-state index contributed by atoms with van der Waals surface area (Å²) >= 11 is 1.75. The molecule has 2 N–H and O–H groups in total. The van der Waals surface area contributed by atoms with Crippen LogP contribution in [0.2, 0.25) is 0 Å². The number of halogens is 1. The Balaban J connectivity index is 0.00000312. The van der Waals surface area contributed by atoms with Crippen molar-refractivity contribution >= 4 is 41.3 Å². The zero-order chi connectivity index (χ0) is 17.7. The minimum Gasteiger partial charge on any atom is -0.443 e. The third-order valence-corrected chi connectivity index (χ3v) is 4.76. The van der Waals surface area contributed by atoms with Gasteiger partial charge in [0.05, 0.1) is 23.4 Å². The molecule has 6 nitrogen and oxygen atoms in total. The third kappa shape index (κ3) is 6.58. The van der Waals surface area contributed by atoms with Gasteiger partial charge in [-0.05, 0) is 13.8 Å². The molecule has 0 unspecified atom stereocenters. The average molecular weight is 477 g/mol. The lowest BCUT2D eigenvalue weighted by molar-refractivity contribution is 0.379. The van der Waals surface area contributed by atoms with Gasteiger partial charge in [0, 0.05) is 30.3 Å². The number of rotatable bonds is 5. The first-order valence-corrected chi connectivity index (χ1v) is 8.94. The smallest absolute Gasteiger partial charge is 0.213 e. The van der Waals surface area contributed by atoms with E-state index in [2.05, 4.69) is 53.3 Å². The Morgan fingerprint density at radius 2 is 2.00 bits per heavy atom. The number of hydrogen-bond donors (Lipinski definition) is 2. The van der Waals surface area contributed by atoms with Gasteiger partial charge in [-0.3, -0.25) is 4.99 Å². The summed E-state index contributed by atoms with van der Waals surface area (Å²) < 4.78 is 5.77. The molecule has 2 heterocycles. The first-order chi connectivity index (χ1) is 11.3. The van der Waals surface area contributed by atoms with Crippen molar-refractivity contribution in [2.24, 2.45) is 4.99 Å². The van der Waals surface area contributed by atoms with Crippen molar-refractivity contribution in [3.8, 4) is 0 Å². The van der Waals surface area contributed by atoms with Crippen LogP contribution < -0.4 is 10.6 Å². The Bertz CT molecular complexity index is 683. The van der Waals surface area contributed by atoms with Gasteiger partial charge < -0.3 is 15.1 Å². The van der Waals surface area contributed by atoms with Crippen molar-refractivity contribution in [1.82, 2.24) is 20.6 Å². The van der Waals surface area contributed by atoms with Crippen LogP contribution >= 0.6 is 35.3 Å². The molecular weight excluding hydrogens is 449 g/mol. The van der Waals surface area contributed by atoms with Crippen LogP contribution in [0.1, 0.15) is 48.0 Å². The van der Waals surface area contributed by atoms with Gasteiger partial charge in [0.25, 0.3) is 0 Å². The Morgan fingerprint density at radius 1 is 1.28 bits per heavy atom. The van der Waals surface area contributed by atoms with Gasteiger partial charge in [0.1, 0.15) is 5.76 Å². The average Bonchev–Trinajstić information content (AvgIpc) is 3.10. The first kappa shape index (κ1) is 21.9. The normalized spacial score (nSPS) is 12.0. The molecule has 0 aromatic carbocycles. The van der Waals surface area contributed by atoms with Crippen molar-refractivity contribution < 1.29 is 4.42 Å². The number of nitrogens with zero attached hydrogens (tertiary/aromatic N) is 3. The number of oxazole rings is 1. The van der Waals surface area contributed by atoms with Gasteiger partial charge in [-0.1, -0.05) is 20.8 Å². The molecule has 0 fully saturated rings. The second-order valence-electron chi connectivity index (χ2n) is 6.72. The maximum Gasteiger partial charge on any atom is 0.213 e. The Kier molecular flexibility index (Phi) is 8.33. The van der Waals surface area contributed by atoms with E-state index in [9.17, 15) is 0 Å². The highest BCUT2D eigenvalue weighted by Gasteiger charge is 2.19. The zero-order valence-electron chi connectivity index (χ0n) is 15.8. The van der Waals surface area contributed by atoms with Crippen molar-refractivity contribution in [3.63, 3.8) is 0 Å². The highest BCUT2D eigenvalue weighted by Crippen LogP contribution is 2.22. The Labute approximate surface area is 171 Å². The lowest BCUT2D eigenvalue weighted by Gasteiger charge is -2.13. The van der Waals surface area contributed by atoms with Gasteiger partial charge in [-0.15, -0.1) is 35.3 Å². The second-order valence-corrected chi connectivity index (χ2v) is 8.01. The molecule has 2 aromatic rings. The Hall–Kier alpha value is -1.16. The van der Waals surface area contributed by atoms with Gasteiger partial charge >= 0.3 is 0 Å². The zero-order valence-corrected chi connectivity index (χ0v) is 18.9. The van der Waals surface area contributed by atoms with Crippen LogP contribution in [0, 0.1) is 13.8 Å². The van der Waals surface area contributed by atoms with E-state index in [4.69, 9.17) is 4.42 Å². The van der Waals surface area contributed by atoms with E-state index in [0.717, 1.165) is 35.4 Å². The van der Waals surface area contributed by atoms with Crippen molar-refractivity contribution in [2.75, 3.05) is 13.6 Å². The largest absolute Gasteiger partial charge is 0.443 e. The number of aromatic nitrogens is 2. The number of thiazole rings is 1. The molecule has 0 aliphatic heterocycles. The first-order valence-electron chi connectivity index (χ1n) is 8.12. The van der Waals surface area contributed by atoms with E-state index in [0.29, 0.717) is 12.4 Å². The van der Waals surface area contributed by atoms with E-state index in [1.54, 1.807) is 24.6 Å². The molecule has 2 aromatic heterocycles. The van der Waals surface area contributed by atoms with E-state index >= 15 is 0 Å². The molecule has 8 heteroatoms. The van der Waals surface area contributed by atoms with Crippen molar-refractivity contribution in [2.45, 2.75) is 53.0 Å². The van der Waals surface area contributed by atoms with Crippen LogP contribution in [0.5, 0.6) is 0 Å². The maximum absolute atomic E-state index is 5.77. The van der Waals surface area contributed by atoms with Gasteiger partial charge in [0.15, 0.2) is 5.96 Å². The standard InChI is InChI=1S/C17H27N5OS.HI/c1-11-12(2)24-15(22-11)7-8-19-16(18-6)21-10-14-20-9-13(23-14)17(3,4)5;/h9H,7-8,10H2,1-6H3,(H2,18,19,21);1H.